The SMILES string of the molecule is COc1ccc2c(=O)[nH]nc(-c3ccc(CNS(=O)(=O)NC(=O)OC(C)(C)C)cc3)c2c1. The van der Waals surface area contributed by atoms with Crippen LogP contribution in [-0.4, -0.2) is 37.4 Å². The highest BCUT2D eigenvalue weighted by atomic mass is 32.2. The lowest BCUT2D eigenvalue weighted by Crippen LogP contribution is -2.42. The van der Waals surface area contributed by atoms with Crippen LogP contribution in [0.3, 0.4) is 0 Å². The van der Waals surface area contributed by atoms with E-state index in [-0.39, 0.29) is 12.1 Å². The molecule has 11 heteroatoms. The number of aromatic amines is 1. The Hall–Kier alpha value is -3.44. The van der Waals surface area contributed by atoms with Crippen LogP contribution in [0.1, 0.15) is 26.3 Å². The summed E-state index contributed by atoms with van der Waals surface area (Å²) >= 11 is 0. The lowest BCUT2D eigenvalue weighted by Gasteiger charge is -2.19. The molecular weight excluding hydrogens is 436 g/mol. The highest BCUT2D eigenvalue weighted by Crippen LogP contribution is 2.27. The number of ether oxygens (including phenoxy) is 2. The van der Waals surface area contributed by atoms with Crippen LogP contribution in [0.5, 0.6) is 5.75 Å². The summed E-state index contributed by atoms with van der Waals surface area (Å²) in [5.74, 6) is 0.592. The van der Waals surface area contributed by atoms with Gasteiger partial charge in [0.05, 0.1) is 18.2 Å². The number of carbonyl (C=O) groups is 1. The van der Waals surface area contributed by atoms with Crippen LogP contribution >= 0.6 is 0 Å². The van der Waals surface area contributed by atoms with Crippen molar-refractivity contribution in [2.24, 2.45) is 0 Å². The zero-order valence-corrected chi connectivity index (χ0v) is 18.9. The maximum atomic E-state index is 12.1. The molecule has 0 atom stereocenters. The minimum absolute atomic E-state index is 0.0496. The highest BCUT2D eigenvalue weighted by molar-refractivity contribution is 7.88. The number of benzene rings is 2. The minimum Gasteiger partial charge on any atom is -0.497 e. The van der Waals surface area contributed by atoms with Crippen LogP contribution in [-0.2, 0) is 21.5 Å². The molecule has 170 valence electrons. The van der Waals surface area contributed by atoms with E-state index in [4.69, 9.17) is 9.47 Å². The Morgan fingerprint density at radius 2 is 1.78 bits per heavy atom. The van der Waals surface area contributed by atoms with Gasteiger partial charge in [-0.1, -0.05) is 24.3 Å². The number of nitrogens with one attached hydrogen (secondary N) is 3. The number of carbonyl (C=O) groups excluding carboxylic acids is 1. The van der Waals surface area contributed by atoms with Crippen LogP contribution in [0.15, 0.2) is 47.3 Å². The number of rotatable bonds is 6. The Balaban J connectivity index is 1.75. The van der Waals surface area contributed by atoms with E-state index in [0.717, 1.165) is 5.56 Å². The van der Waals surface area contributed by atoms with Crippen molar-refractivity contribution in [2.75, 3.05) is 7.11 Å². The van der Waals surface area contributed by atoms with Gasteiger partial charge in [0, 0.05) is 17.5 Å². The first kappa shape index (κ1) is 23.2. The van der Waals surface area contributed by atoms with Gasteiger partial charge in [0.25, 0.3) is 5.56 Å². The number of fused-ring (bicyclic) bond motifs is 1. The summed E-state index contributed by atoms with van der Waals surface area (Å²) < 4.78 is 38.4. The molecule has 0 spiro atoms. The second-order valence-corrected chi connectivity index (χ2v) is 9.44. The smallest absolute Gasteiger partial charge is 0.422 e. The molecule has 1 amide bonds. The van der Waals surface area contributed by atoms with Crippen molar-refractivity contribution in [1.29, 1.82) is 0 Å². The van der Waals surface area contributed by atoms with Crippen molar-refractivity contribution in [2.45, 2.75) is 32.9 Å². The van der Waals surface area contributed by atoms with Gasteiger partial charge in [-0.15, -0.1) is 0 Å². The van der Waals surface area contributed by atoms with Gasteiger partial charge >= 0.3 is 16.3 Å². The summed E-state index contributed by atoms with van der Waals surface area (Å²) in [6, 6.07) is 12.0. The van der Waals surface area contributed by atoms with E-state index in [1.807, 2.05) is 0 Å². The molecule has 0 bridgehead atoms. The Bertz CT molecular complexity index is 1290. The fraction of sp³-hybridized carbons (Fsp3) is 0.286. The van der Waals surface area contributed by atoms with E-state index in [1.165, 1.54) is 7.11 Å². The Morgan fingerprint density at radius 1 is 1.09 bits per heavy atom. The molecule has 0 aliphatic carbocycles. The molecule has 2 aromatic carbocycles. The predicted molar refractivity (Wildman–Crippen MR) is 119 cm³/mol. The molecule has 0 aliphatic heterocycles. The van der Waals surface area contributed by atoms with Gasteiger partial charge < -0.3 is 9.47 Å². The molecule has 0 fully saturated rings. The van der Waals surface area contributed by atoms with Crippen LogP contribution in [0.25, 0.3) is 22.0 Å². The molecule has 0 radical (unpaired) electrons. The molecular formula is C21H24N4O6S. The molecule has 3 aromatic rings. The summed E-state index contributed by atoms with van der Waals surface area (Å²) in [6.07, 6.45) is -1.06. The number of hydrogen-bond acceptors (Lipinski definition) is 7. The Labute approximate surface area is 185 Å². The van der Waals surface area contributed by atoms with E-state index in [0.29, 0.717) is 27.8 Å². The summed E-state index contributed by atoms with van der Waals surface area (Å²) in [5, 5.41) is 7.75. The first-order valence-electron chi connectivity index (χ1n) is 9.63. The normalized spacial score (nSPS) is 11.9. The standard InChI is InChI=1S/C21H24N4O6S/c1-21(2,3)31-20(27)25-32(28,29)22-12-13-5-7-14(8-6-13)18-17-11-15(30-4)9-10-16(17)19(26)24-23-18/h5-11,22H,12H2,1-4H3,(H,24,26)(H,25,27). The summed E-state index contributed by atoms with van der Waals surface area (Å²) in [5.41, 5.74) is 0.791. The average molecular weight is 461 g/mol. The van der Waals surface area contributed by atoms with Gasteiger partial charge in [0.15, 0.2) is 0 Å². The average Bonchev–Trinajstić information content (AvgIpc) is 2.71. The zero-order valence-electron chi connectivity index (χ0n) is 18.1. The molecule has 1 heterocycles. The van der Waals surface area contributed by atoms with E-state index in [9.17, 15) is 18.0 Å². The third kappa shape index (κ3) is 5.83. The van der Waals surface area contributed by atoms with E-state index < -0.39 is 21.9 Å². The third-order valence-electron chi connectivity index (χ3n) is 4.31. The highest BCUT2D eigenvalue weighted by Gasteiger charge is 2.21. The molecule has 0 saturated carbocycles. The second-order valence-electron chi connectivity index (χ2n) is 7.94. The quantitative estimate of drug-likeness (QED) is 0.513. The van der Waals surface area contributed by atoms with Crippen LogP contribution in [0, 0.1) is 0 Å². The molecule has 0 unspecified atom stereocenters. The Morgan fingerprint density at radius 3 is 2.41 bits per heavy atom. The molecule has 10 nitrogen and oxygen atoms in total. The van der Waals surface area contributed by atoms with Crippen LogP contribution in [0.2, 0.25) is 0 Å². The van der Waals surface area contributed by atoms with Gasteiger partial charge in [-0.2, -0.15) is 18.2 Å². The maximum absolute atomic E-state index is 12.1. The Kier molecular flexibility index (Phi) is 6.51. The monoisotopic (exact) mass is 460 g/mol. The fourth-order valence-electron chi connectivity index (χ4n) is 2.89. The minimum atomic E-state index is -4.10. The van der Waals surface area contributed by atoms with Crippen LogP contribution in [0.4, 0.5) is 4.79 Å². The van der Waals surface area contributed by atoms with Gasteiger partial charge in [0.2, 0.25) is 0 Å². The van der Waals surface area contributed by atoms with E-state index in [2.05, 4.69) is 14.9 Å². The van der Waals surface area contributed by atoms with Gasteiger partial charge in [-0.3, -0.25) is 4.79 Å². The van der Waals surface area contributed by atoms with Crippen molar-refractivity contribution in [3.05, 3.63) is 58.4 Å². The summed E-state index contributed by atoms with van der Waals surface area (Å²) in [7, 11) is -2.56. The largest absolute Gasteiger partial charge is 0.497 e. The van der Waals surface area contributed by atoms with E-state index in [1.54, 1.807) is 68.0 Å². The van der Waals surface area contributed by atoms with Crippen molar-refractivity contribution >= 4 is 27.1 Å². The molecule has 3 rings (SSSR count). The molecule has 0 aliphatic rings. The van der Waals surface area contributed by atoms with Gasteiger partial charge in [0.1, 0.15) is 11.4 Å². The third-order valence-corrected chi connectivity index (χ3v) is 5.27. The van der Waals surface area contributed by atoms with E-state index >= 15 is 0 Å². The first-order valence-corrected chi connectivity index (χ1v) is 11.1. The summed E-state index contributed by atoms with van der Waals surface area (Å²) in [4.78, 5) is 23.8. The second kappa shape index (κ2) is 8.97. The number of methoxy groups -OCH3 is 1. The number of hydrogen-bond donors (Lipinski definition) is 3. The predicted octanol–water partition coefficient (Wildman–Crippen LogP) is 2.46. The number of aromatic nitrogens is 2. The fourth-order valence-corrected chi connectivity index (χ4v) is 3.58. The van der Waals surface area contributed by atoms with Gasteiger partial charge in [-0.05, 0) is 44.5 Å². The first-order chi connectivity index (χ1) is 15.0. The van der Waals surface area contributed by atoms with Crippen molar-refractivity contribution in [1.82, 2.24) is 19.6 Å². The molecule has 1 aromatic heterocycles. The zero-order chi connectivity index (χ0) is 23.5. The number of nitrogens with zero attached hydrogens (tertiary/aromatic N) is 1. The maximum Gasteiger partial charge on any atom is 0.422 e. The lowest BCUT2D eigenvalue weighted by atomic mass is 10.0. The number of amides is 1. The molecule has 32 heavy (non-hydrogen) atoms. The summed E-state index contributed by atoms with van der Waals surface area (Å²) in [6.45, 7) is 4.84. The van der Waals surface area contributed by atoms with Crippen molar-refractivity contribution in [3.8, 4) is 17.0 Å². The van der Waals surface area contributed by atoms with Crippen molar-refractivity contribution in [3.63, 3.8) is 0 Å². The lowest BCUT2D eigenvalue weighted by molar-refractivity contribution is 0.0569. The topological polar surface area (TPSA) is 139 Å². The molecule has 3 N–H and O–H groups in total. The van der Waals surface area contributed by atoms with Crippen LogP contribution < -0.4 is 19.7 Å². The van der Waals surface area contributed by atoms with Gasteiger partial charge in [-0.25, -0.2) is 14.6 Å². The van der Waals surface area contributed by atoms with Crippen molar-refractivity contribution < 1.29 is 22.7 Å². The molecule has 0 saturated heterocycles. The number of H-pyrrole nitrogens is 1.